The zero-order chi connectivity index (χ0) is 7.71. The maximum Gasteiger partial charge on any atom is 0 e. The largest absolute Gasteiger partial charge is 0 e. The second kappa shape index (κ2) is 5.90. The maximum absolute atomic E-state index is 9.69. The standard InChI is InChI=1S/Co.Ni.H2O6S2Se/c;;1-7(2,3)9-8(4,5)6/h;;(H,1,2,3)(H,4,5,6). The quantitative estimate of drug-likeness (QED) is 0.449. The van der Waals surface area contributed by atoms with Crippen LogP contribution in [0, 0.1) is 0 Å². The molecule has 0 saturated heterocycles. The van der Waals surface area contributed by atoms with Crippen LogP contribution in [-0.4, -0.2) is 38.7 Å². The Hall–Kier alpha value is 1.34. The maximum atomic E-state index is 9.69. The zero-order valence-electron chi connectivity index (χ0n) is 4.40. The summed E-state index contributed by atoms with van der Waals surface area (Å²) in [5.74, 6) is 0. The summed E-state index contributed by atoms with van der Waals surface area (Å²) in [6.45, 7) is 0. The molecule has 0 amide bonds. The third-order valence-electron chi connectivity index (χ3n) is 0.172. The van der Waals surface area contributed by atoms with Gasteiger partial charge < -0.3 is 0 Å². The van der Waals surface area contributed by atoms with Crippen molar-refractivity contribution >= 4 is 29.8 Å². The number of hydrogen-bond donors (Lipinski definition) is 2. The molecule has 0 spiro atoms. The van der Waals surface area contributed by atoms with Gasteiger partial charge in [0, 0.05) is 33.3 Å². The van der Waals surface area contributed by atoms with Crippen molar-refractivity contribution < 1.29 is 59.2 Å². The van der Waals surface area contributed by atoms with Gasteiger partial charge in [-0.1, -0.05) is 0 Å². The second-order valence-corrected chi connectivity index (χ2v) is 11.1. The smallest absolute Gasteiger partial charge is 0 e. The van der Waals surface area contributed by atoms with Crippen molar-refractivity contribution in [1.29, 1.82) is 0 Å². The molecular weight excluding hydrogens is 357 g/mol. The summed E-state index contributed by atoms with van der Waals surface area (Å²) < 4.78 is 54.4. The molecule has 11 heavy (non-hydrogen) atoms. The van der Waals surface area contributed by atoms with Gasteiger partial charge in [-0.3, -0.25) is 0 Å². The van der Waals surface area contributed by atoms with Gasteiger partial charge in [0.15, 0.2) is 0 Å². The molecule has 0 aliphatic heterocycles. The number of rotatable bonds is 2. The van der Waals surface area contributed by atoms with Gasteiger partial charge in [-0.05, 0) is 0 Å². The topological polar surface area (TPSA) is 109 Å². The van der Waals surface area contributed by atoms with Gasteiger partial charge in [-0.2, -0.15) is 0 Å². The molecule has 0 atom stereocenters. The summed E-state index contributed by atoms with van der Waals surface area (Å²) in [5.41, 5.74) is 0. The number of hydrogen-bond acceptors (Lipinski definition) is 4. The van der Waals surface area contributed by atoms with Crippen LogP contribution in [0.3, 0.4) is 0 Å². The molecule has 0 unspecified atom stereocenters. The van der Waals surface area contributed by atoms with Crippen LogP contribution in [0.5, 0.6) is 0 Å². The molecule has 0 bridgehead atoms. The Balaban J connectivity index is -0.000000320. The van der Waals surface area contributed by atoms with Crippen LogP contribution in [0.2, 0.25) is 0 Å². The Bertz CT molecular complexity index is 246. The molecule has 0 aliphatic carbocycles. The van der Waals surface area contributed by atoms with Crippen molar-refractivity contribution in [2.45, 2.75) is 0 Å². The fourth-order valence-electron chi connectivity index (χ4n) is 0.109. The van der Waals surface area contributed by atoms with Crippen LogP contribution < -0.4 is 0 Å². The third-order valence-corrected chi connectivity index (χ3v) is 8.04. The molecule has 0 aromatic heterocycles. The minimum absolute atomic E-state index is 0. The normalized spacial score (nSPS) is 11.1. The summed E-state index contributed by atoms with van der Waals surface area (Å²) in [6, 6.07) is 0. The fourth-order valence-corrected chi connectivity index (χ4v) is 5.08. The Morgan fingerprint density at radius 1 is 0.909 bits per heavy atom. The molecule has 11 heteroatoms. The van der Waals surface area contributed by atoms with Crippen molar-refractivity contribution in [3.63, 3.8) is 0 Å². The molecule has 75 valence electrons. The third kappa shape index (κ3) is 18.4. The van der Waals surface area contributed by atoms with E-state index in [-0.39, 0.29) is 33.3 Å². The predicted molar refractivity (Wildman–Crippen MR) is 28.9 cm³/mol. The van der Waals surface area contributed by atoms with Crippen LogP contribution in [0.1, 0.15) is 0 Å². The van der Waals surface area contributed by atoms with E-state index in [0.717, 1.165) is 0 Å². The summed E-state index contributed by atoms with van der Waals surface area (Å²) in [6.07, 6.45) is 0. The molecule has 0 aliphatic rings. The average molecular weight is 359 g/mol. The Morgan fingerprint density at radius 2 is 1.09 bits per heavy atom. The summed E-state index contributed by atoms with van der Waals surface area (Å²) in [4.78, 5) is 0. The average Bonchev–Trinajstić information content (AvgIpc) is 1.14. The van der Waals surface area contributed by atoms with Crippen molar-refractivity contribution in [2.75, 3.05) is 0 Å². The first-order valence-corrected chi connectivity index (χ1v) is 8.29. The first-order valence-electron chi connectivity index (χ1n) is 1.37. The van der Waals surface area contributed by atoms with Crippen molar-refractivity contribution in [1.82, 2.24) is 0 Å². The van der Waals surface area contributed by atoms with E-state index in [1.54, 1.807) is 0 Å². The molecule has 0 aromatic rings. The van der Waals surface area contributed by atoms with Crippen molar-refractivity contribution in [3.8, 4) is 0 Å². The molecule has 0 heterocycles. The van der Waals surface area contributed by atoms with Gasteiger partial charge in [-0.25, -0.2) is 0 Å². The summed E-state index contributed by atoms with van der Waals surface area (Å²) in [7, 11) is -9.11. The molecule has 1 radical (unpaired) electrons. The molecule has 0 saturated carbocycles. The van der Waals surface area contributed by atoms with Gasteiger partial charge in [0.25, 0.3) is 0 Å². The van der Waals surface area contributed by atoms with Gasteiger partial charge in [-0.15, -0.1) is 0 Å². The molecule has 0 rings (SSSR count). The van der Waals surface area contributed by atoms with Gasteiger partial charge in [0.2, 0.25) is 0 Å². The first-order chi connectivity index (χ1) is 3.71. The molecule has 0 aromatic carbocycles. The van der Waals surface area contributed by atoms with Gasteiger partial charge in [0.05, 0.1) is 0 Å². The summed E-state index contributed by atoms with van der Waals surface area (Å²) >= 11 is -2.19. The van der Waals surface area contributed by atoms with Crippen molar-refractivity contribution in [3.05, 3.63) is 0 Å². The van der Waals surface area contributed by atoms with E-state index in [9.17, 15) is 16.8 Å². The zero-order valence-corrected chi connectivity index (χ0v) is 9.78. The van der Waals surface area contributed by atoms with Crippen LogP contribution >= 0.6 is 0 Å². The van der Waals surface area contributed by atoms with E-state index in [4.69, 9.17) is 9.11 Å². The second-order valence-electron chi connectivity index (χ2n) is 0.924. The van der Waals surface area contributed by atoms with E-state index in [1.807, 2.05) is 0 Å². The monoisotopic (exact) mass is 359 g/mol. The summed E-state index contributed by atoms with van der Waals surface area (Å²) in [5, 5.41) is 0. The van der Waals surface area contributed by atoms with Crippen molar-refractivity contribution in [2.24, 2.45) is 0 Å². The minimum atomic E-state index is -4.56. The predicted octanol–water partition coefficient (Wildman–Crippen LogP) is -1.71. The van der Waals surface area contributed by atoms with E-state index < -0.39 is 29.8 Å². The Kier molecular flexibility index (Phi) is 9.75. The SMILES string of the molecule is O=S(=O)(O)[Se]S(=O)(=O)O.[Co].[Ni]. The van der Waals surface area contributed by atoms with E-state index in [0.29, 0.717) is 0 Å². The van der Waals surface area contributed by atoms with E-state index in [2.05, 4.69) is 0 Å². The van der Waals surface area contributed by atoms with Gasteiger partial charge >= 0.3 is 55.7 Å². The van der Waals surface area contributed by atoms with Crippen LogP contribution in [0.15, 0.2) is 0 Å². The fraction of sp³-hybridized carbons (Fsp3) is 0. The minimum Gasteiger partial charge on any atom is 0 e. The van der Waals surface area contributed by atoms with E-state index >= 15 is 0 Å². The Labute approximate surface area is 88.4 Å². The first kappa shape index (κ1) is 18.2. The van der Waals surface area contributed by atoms with Crippen LogP contribution in [0.4, 0.5) is 0 Å². The Morgan fingerprint density at radius 3 is 1.09 bits per heavy atom. The molecule has 0 fully saturated rings. The van der Waals surface area contributed by atoms with Gasteiger partial charge in [0.1, 0.15) is 0 Å². The molecule has 6 nitrogen and oxygen atoms in total. The van der Waals surface area contributed by atoms with Crippen LogP contribution in [0.25, 0.3) is 0 Å². The molecular formula is H2CoNiO6S2Se. The van der Waals surface area contributed by atoms with Crippen LogP contribution in [-0.2, 0) is 50.3 Å². The molecule has 2 N–H and O–H groups in total. The van der Waals surface area contributed by atoms with E-state index in [1.165, 1.54) is 0 Å².